The van der Waals surface area contributed by atoms with Crippen LogP contribution in [0.5, 0.6) is 0 Å². The molecular weight excluding hydrogens is 182 g/mol. The average molecular weight is 199 g/mol. The van der Waals surface area contributed by atoms with E-state index in [-0.39, 0.29) is 0 Å². The van der Waals surface area contributed by atoms with E-state index >= 15 is 0 Å². The minimum absolute atomic E-state index is 0.905. The van der Waals surface area contributed by atoms with Crippen molar-refractivity contribution in [3.8, 4) is 0 Å². The van der Waals surface area contributed by atoms with Crippen LogP contribution in [0.25, 0.3) is 0 Å². The molecule has 0 saturated heterocycles. The van der Waals surface area contributed by atoms with Crippen LogP contribution in [0.2, 0.25) is 0 Å². The summed E-state index contributed by atoms with van der Waals surface area (Å²) in [4.78, 5) is 0. The first-order valence-electron chi connectivity index (χ1n) is 4.50. The molecule has 0 aliphatic carbocycles. The number of nitrogens with zero attached hydrogens (tertiary/aromatic N) is 2. The van der Waals surface area contributed by atoms with Crippen molar-refractivity contribution >= 4 is 11.8 Å². The fourth-order valence-corrected chi connectivity index (χ4v) is 2.27. The van der Waals surface area contributed by atoms with Crippen LogP contribution in [0, 0.1) is 6.92 Å². The van der Waals surface area contributed by atoms with Crippen molar-refractivity contribution < 1.29 is 0 Å². The molecule has 0 aliphatic rings. The molecule has 0 unspecified atom stereocenters. The fourth-order valence-electron chi connectivity index (χ4n) is 1.38. The van der Waals surface area contributed by atoms with Gasteiger partial charge in [-0.2, -0.15) is 5.10 Å². The molecule has 0 aliphatic heterocycles. The van der Waals surface area contributed by atoms with Gasteiger partial charge in [-0.25, -0.2) is 0 Å². The monoisotopic (exact) mass is 199 g/mol. The van der Waals surface area contributed by atoms with Crippen molar-refractivity contribution in [3.05, 3.63) is 11.3 Å². The standard InChI is InChI=1S/C9H17N3S/c1-5-13-9-8(6-10-3)7(2)11-12(9)4/h10H,5-6H2,1-4H3. The van der Waals surface area contributed by atoms with Gasteiger partial charge in [0.25, 0.3) is 0 Å². The second-order valence-corrected chi connectivity index (χ2v) is 4.21. The molecule has 0 fully saturated rings. The summed E-state index contributed by atoms with van der Waals surface area (Å²) >= 11 is 1.85. The predicted octanol–water partition coefficient (Wildman–Crippen LogP) is 1.56. The summed E-state index contributed by atoms with van der Waals surface area (Å²) in [6.07, 6.45) is 0. The van der Waals surface area contributed by atoms with Crippen LogP contribution in [-0.4, -0.2) is 22.6 Å². The fraction of sp³-hybridized carbons (Fsp3) is 0.667. The van der Waals surface area contributed by atoms with Crippen LogP contribution in [0.4, 0.5) is 0 Å². The molecule has 0 spiro atoms. The summed E-state index contributed by atoms with van der Waals surface area (Å²) in [5, 5.41) is 8.86. The van der Waals surface area contributed by atoms with E-state index in [2.05, 4.69) is 24.3 Å². The van der Waals surface area contributed by atoms with E-state index in [9.17, 15) is 0 Å². The van der Waals surface area contributed by atoms with Crippen LogP contribution in [0.3, 0.4) is 0 Å². The quantitative estimate of drug-likeness (QED) is 0.746. The van der Waals surface area contributed by atoms with Gasteiger partial charge in [-0.3, -0.25) is 4.68 Å². The van der Waals surface area contributed by atoms with Gasteiger partial charge in [0.05, 0.1) is 10.7 Å². The second kappa shape index (κ2) is 4.67. The minimum Gasteiger partial charge on any atom is -0.316 e. The number of aryl methyl sites for hydroxylation is 2. The lowest BCUT2D eigenvalue weighted by atomic mass is 10.3. The SMILES string of the molecule is CCSc1c(CNC)c(C)nn1C. The van der Waals surface area contributed by atoms with E-state index in [1.807, 2.05) is 30.5 Å². The van der Waals surface area contributed by atoms with E-state index in [0.29, 0.717) is 0 Å². The van der Waals surface area contributed by atoms with Crippen LogP contribution in [-0.2, 0) is 13.6 Å². The topological polar surface area (TPSA) is 29.9 Å². The highest BCUT2D eigenvalue weighted by molar-refractivity contribution is 7.99. The van der Waals surface area contributed by atoms with Crippen molar-refractivity contribution in [2.75, 3.05) is 12.8 Å². The Kier molecular flexibility index (Phi) is 3.81. The Morgan fingerprint density at radius 1 is 1.54 bits per heavy atom. The molecule has 0 saturated carbocycles. The molecule has 0 bridgehead atoms. The molecule has 1 heterocycles. The van der Waals surface area contributed by atoms with Gasteiger partial charge in [0.2, 0.25) is 0 Å². The summed E-state index contributed by atoms with van der Waals surface area (Å²) in [5.74, 6) is 1.09. The highest BCUT2D eigenvalue weighted by Gasteiger charge is 2.11. The Labute approximate surface area is 83.9 Å². The Morgan fingerprint density at radius 2 is 2.23 bits per heavy atom. The Balaban J connectivity index is 2.98. The lowest BCUT2D eigenvalue weighted by Crippen LogP contribution is -2.06. The van der Waals surface area contributed by atoms with Crippen molar-refractivity contribution in [1.82, 2.24) is 15.1 Å². The zero-order chi connectivity index (χ0) is 9.84. The third kappa shape index (κ3) is 2.25. The molecule has 1 rings (SSSR count). The van der Waals surface area contributed by atoms with Crippen molar-refractivity contribution in [1.29, 1.82) is 0 Å². The lowest BCUT2D eigenvalue weighted by molar-refractivity contribution is 0.684. The summed E-state index contributed by atoms with van der Waals surface area (Å²) in [7, 11) is 3.97. The number of hydrogen-bond acceptors (Lipinski definition) is 3. The minimum atomic E-state index is 0.905. The molecule has 1 aromatic heterocycles. The van der Waals surface area contributed by atoms with Crippen LogP contribution in [0.15, 0.2) is 5.03 Å². The summed E-state index contributed by atoms with van der Waals surface area (Å²) in [6, 6.07) is 0. The molecule has 0 atom stereocenters. The van der Waals surface area contributed by atoms with Crippen molar-refractivity contribution in [3.63, 3.8) is 0 Å². The third-order valence-corrected chi connectivity index (χ3v) is 3.00. The zero-order valence-electron chi connectivity index (χ0n) is 8.72. The maximum Gasteiger partial charge on any atom is 0.0984 e. The van der Waals surface area contributed by atoms with Crippen molar-refractivity contribution in [2.45, 2.75) is 25.4 Å². The lowest BCUT2D eigenvalue weighted by Gasteiger charge is -2.03. The van der Waals surface area contributed by atoms with E-state index in [1.54, 1.807) is 0 Å². The third-order valence-electron chi connectivity index (χ3n) is 1.92. The van der Waals surface area contributed by atoms with Gasteiger partial charge in [-0.1, -0.05) is 6.92 Å². The number of thioether (sulfide) groups is 1. The Bertz CT molecular complexity index is 254. The highest BCUT2D eigenvalue weighted by atomic mass is 32.2. The largest absolute Gasteiger partial charge is 0.316 e. The van der Waals surface area contributed by atoms with Crippen molar-refractivity contribution in [2.24, 2.45) is 7.05 Å². The molecule has 0 radical (unpaired) electrons. The number of nitrogens with one attached hydrogen (secondary N) is 1. The Morgan fingerprint density at radius 3 is 2.77 bits per heavy atom. The van der Waals surface area contributed by atoms with Crippen LogP contribution >= 0.6 is 11.8 Å². The molecule has 1 aromatic rings. The van der Waals surface area contributed by atoms with E-state index in [0.717, 1.165) is 18.0 Å². The molecule has 3 nitrogen and oxygen atoms in total. The molecule has 13 heavy (non-hydrogen) atoms. The van der Waals surface area contributed by atoms with Crippen LogP contribution in [0.1, 0.15) is 18.2 Å². The zero-order valence-corrected chi connectivity index (χ0v) is 9.53. The second-order valence-electron chi connectivity index (χ2n) is 2.96. The molecule has 0 aromatic carbocycles. The number of aromatic nitrogens is 2. The average Bonchev–Trinajstić information content (AvgIpc) is 2.33. The summed E-state index contributed by atoms with van der Waals surface area (Å²) < 4.78 is 1.97. The maximum atomic E-state index is 4.40. The summed E-state index contributed by atoms with van der Waals surface area (Å²) in [6.45, 7) is 5.13. The molecule has 1 N–H and O–H groups in total. The van der Waals surface area contributed by atoms with Gasteiger partial charge in [0.15, 0.2) is 0 Å². The van der Waals surface area contributed by atoms with Gasteiger partial charge >= 0.3 is 0 Å². The van der Waals surface area contributed by atoms with E-state index < -0.39 is 0 Å². The smallest absolute Gasteiger partial charge is 0.0984 e. The van der Waals surface area contributed by atoms with Gasteiger partial charge in [-0.15, -0.1) is 11.8 Å². The Hall–Kier alpha value is -0.480. The van der Waals surface area contributed by atoms with E-state index in [4.69, 9.17) is 0 Å². The van der Waals surface area contributed by atoms with Gasteiger partial charge in [0.1, 0.15) is 0 Å². The molecule has 74 valence electrons. The van der Waals surface area contributed by atoms with Gasteiger partial charge in [-0.05, 0) is 19.7 Å². The van der Waals surface area contributed by atoms with Gasteiger partial charge < -0.3 is 5.32 Å². The first-order valence-corrected chi connectivity index (χ1v) is 5.49. The number of rotatable bonds is 4. The first-order chi connectivity index (χ1) is 6.20. The molecular formula is C9H17N3S. The highest BCUT2D eigenvalue weighted by Crippen LogP contribution is 2.24. The summed E-state index contributed by atoms with van der Waals surface area (Å²) in [5.41, 5.74) is 2.46. The maximum absolute atomic E-state index is 4.40. The van der Waals surface area contributed by atoms with Crippen LogP contribution < -0.4 is 5.32 Å². The number of hydrogen-bond donors (Lipinski definition) is 1. The molecule has 4 heteroatoms. The molecule has 0 amide bonds. The normalized spacial score (nSPS) is 10.8. The first kappa shape index (κ1) is 10.6. The van der Waals surface area contributed by atoms with E-state index in [1.165, 1.54) is 10.6 Å². The predicted molar refractivity (Wildman–Crippen MR) is 57.1 cm³/mol. The van der Waals surface area contributed by atoms with Gasteiger partial charge in [0, 0.05) is 19.2 Å².